The molecule has 0 radical (unpaired) electrons. The van der Waals surface area contributed by atoms with Crippen molar-refractivity contribution in [3.63, 3.8) is 0 Å². The van der Waals surface area contributed by atoms with Gasteiger partial charge in [-0.25, -0.2) is 4.79 Å². The number of benzene rings is 1. The standard InChI is InChI=1S/C18H29N3O2/c1-13-8-7-10-15(19)16(13)20-14-9-5-6-11-21(12-14)17(22)23-18(2,3)4/h7-8,10,14,20H,5-6,9,11-12,19H2,1-4H3. The van der Waals surface area contributed by atoms with E-state index in [1.54, 1.807) is 0 Å². The number of ether oxygens (including phenoxy) is 1. The molecule has 1 fully saturated rings. The van der Waals surface area contributed by atoms with Gasteiger partial charge >= 0.3 is 6.09 Å². The van der Waals surface area contributed by atoms with Gasteiger partial charge in [-0.2, -0.15) is 0 Å². The second kappa shape index (κ2) is 7.11. The fraction of sp³-hybridized carbons (Fsp3) is 0.611. The van der Waals surface area contributed by atoms with Crippen molar-refractivity contribution in [2.45, 2.75) is 58.6 Å². The predicted molar refractivity (Wildman–Crippen MR) is 94.7 cm³/mol. The summed E-state index contributed by atoms with van der Waals surface area (Å²) >= 11 is 0. The molecule has 0 spiro atoms. The van der Waals surface area contributed by atoms with Crippen LogP contribution in [0.5, 0.6) is 0 Å². The van der Waals surface area contributed by atoms with Crippen LogP contribution in [0, 0.1) is 6.92 Å². The number of nitrogens with two attached hydrogens (primary N) is 1. The lowest BCUT2D eigenvalue weighted by molar-refractivity contribution is 0.0252. The third-order valence-electron chi connectivity index (χ3n) is 3.98. The lowest BCUT2D eigenvalue weighted by atomic mass is 10.1. The van der Waals surface area contributed by atoms with Gasteiger partial charge < -0.3 is 20.7 Å². The third kappa shape index (κ3) is 5.05. The molecule has 1 aromatic carbocycles. The van der Waals surface area contributed by atoms with Crippen LogP contribution in [-0.4, -0.2) is 35.7 Å². The molecule has 1 unspecified atom stereocenters. The number of carbonyl (C=O) groups is 1. The van der Waals surface area contributed by atoms with Crippen molar-refractivity contribution in [1.29, 1.82) is 0 Å². The molecule has 5 heteroatoms. The number of carbonyl (C=O) groups excluding carboxylic acids is 1. The Labute approximate surface area is 139 Å². The number of nitrogen functional groups attached to an aromatic ring is 1. The Kier molecular flexibility index (Phi) is 5.39. The molecule has 1 heterocycles. The van der Waals surface area contributed by atoms with Crippen LogP contribution in [-0.2, 0) is 4.74 Å². The van der Waals surface area contributed by atoms with Crippen molar-refractivity contribution in [2.24, 2.45) is 0 Å². The fourth-order valence-electron chi connectivity index (χ4n) is 2.84. The Morgan fingerprint density at radius 3 is 2.74 bits per heavy atom. The highest BCUT2D eigenvalue weighted by Gasteiger charge is 2.26. The minimum atomic E-state index is -0.466. The summed E-state index contributed by atoms with van der Waals surface area (Å²) in [7, 11) is 0. The fourth-order valence-corrected chi connectivity index (χ4v) is 2.84. The summed E-state index contributed by atoms with van der Waals surface area (Å²) < 4.78 is 5.51. The molecular formula is C18H29N3O2. The summed E-state index contributed by atoms with van der Waals surface area (Å²) in [4.78, 5) is 14.2. The quantitative estimate of drug-likeness (QED) is 0.814. The van der Waals surface area contributed by atoms with Gasteiger partial charge in [0.1, 0.15) is 5.60 Å². The Hall–Kier alpha value is -1.91. The maximum absolute atomic E-state index is 12.3. The summed E-state index contributed by atoms with van der Waals surface area (Å²) in [6.45, 7) is 9.12. The Morgan fingerprint density at radius 2 is 2.09 bits per heavy atom. The van der Waals surface area contributed by atoms with Crippen LogP contribution < -0.4 is 11.1 Å². The number of anilines is 2. The first-order chi connectivity index (χ1) is 10.8. The number of nitrogens with one attached hydrogen (secondary N) is 1. The number of hydrogen-bond donors (Lipinski definition) is 2. The van der Waals surface area contributed by atoms with Crippen LogP contribution in [0.25, 0.3) is 0 Å². The van der Waals surface area contributed by atoms with Crippen LogP contribution in [0.4, 0.5) is 16.2 Å². The van der Waals surface area contributed by atoms with Gasteiger partial charge in [-0.15, -0.1) is 0 Å². The van der Waals surface area contributed by atoms with Gasteiger partial charge in [-0.3, -0.25) is 0 Å². The first kappa shape index (κ1) is 17.4. The van der Waals surface area contributed by atoms with E-state index in [1.807, 2.05) is 50.8 Å². The minimum Gasteiger partial charge on any atom is -0.444 e. The number of para-hydroxylation sites is 1. The number of likely N-dealkylation sites (tertiary alicyclic amines) is 1. The summed E-state index contributed by atoms with van der Waals surface area (Å²) in [5.74, 6) is 0. The topological polar surface area (TPSA) is 67.6 Å². The van der Waals surface area contributed by atoms with Crippen molar-refractivity contribution in [2.75, 3.05) is 24.1 Å². The van der Waals surface area contributed by atoms with E-state index in [4.69, 9.17) is 10.5 Å². The number of amides is 1. The summed E-state index contributed by atoms with van der Waals surface area (Å²) in [6.07, 6.45) is 2.88. The van der Waals surface area contributed by atoms with Gasteiger partial charge in [0, 0.05) is 19.1 Å². The van der Waals surface area contributed by atoms with E-state index in [9.17, 15) is 4.79 Å². The van der Waals surface area contributed by atoms with E-state index in [2.05, 4.69) is 5.32 Å². The second-order valence-electron chi connectivity index (χ2n) is 7.30. The highest BCUT2D eigenvalue weighted by atomic mass is 16.6. The van der Waals surface area contributed by atoms with E-state index in [0.29, 0.717) is 6.54 Å². The first-order valence-electron chi connectivity index (χ1n) is 8.36. The van der Waals surface area contributed by atoms with Crippen LogP contribution in [0.3, 0.4) is 0 Å². The van der Waals surface area contributed by atoms with Crippen LogP contribution >= 0.6 is 0 Å². The molecule has 1 aliphatic rings. The first-order valence-corrected chi connectivity index (χ1v) is 8.36. The summed E-state index contributed by atoms with van der Waals surface area (Å²) in [5.41, 5.74) is 8.47. The zero-order valence-electron chi connectivity index (χ0n) is 14.7. The number of rotatable bonds is 2. The number of aryl methyl sites for hydroxylation is 1. The van der Waals surface area contributed by atoms with Gasteiger partial charge in [-0.1, -0.05) is 12.1 Å². The highest BCUT2D eigenvalue weighted by molar-refractivity contribution is 5.71. The molecule has 1 saturated heterocycles. The summed E-state index contributed by atoms with van der Waals surface area (Å²) in [6, 6.07) is 6.09. The van der Waals surface area contributed by atoms with Crippen LogP contribution in [0.2, 0.25) is 0 Å². The molecule has 0 aliphatic carbocycles. The summed E-state index contributed by atoms with van der Waals surface area (Å²) in [5, 5.41) is 3.53. The van der Waals surface area contributed by atoms with Crippen molar-refractivity contribution < 1.29 is 9.53 Å². The van der Waals surface area contributed by atoms with Crippen molar-refractivity contribution in [1.82, 2.24) is 4.90 Å². The Bertz CT molecular complexity index is 531. The van der Waals surface area contributed by atoms with E-state index in [1.165, 1.54) is 0 Å². The number of nitrogens with zero attached hydrogens (tertiary/aromatic N) is 1. The maximum Gasteiger partial charge on any atom is 0.410 e. The molecule has 1 aliphatic heterocycles. The van der Waals surface area contributed by atoms with E-state index >= 15 is 0 Å². The van der Waals surface area contributed by atoms with Crippen molar-refractivity contribution in [3.05, 3.63) is 23.8 Å². The molecule has 0 aromatic heterocycles. The zero-order valence-corrected chi connectivity index (χ0v) is 14.7. The average molecular weight is 319 g/mol. The zero-order chi connectivity index (χ0) is 17.0. The molecule has 1 aromatic rings. The minimum absolute atomic E-state index is 0.188. The maximum atomic E-state index is 12.3. The van der Waals surface area contributed by atoms with Gasteiger partial charge in [0.25, 0.3) is 0 Å². The van der Waals surface area contributed by atoms with E-state index in [-0.39, 0.29) is 12.1 Å². The Balaban J connectivity index is 2.06. The molecule has 2 rings (SSSR count). The van der Waals surface area contributed by atoms with Gasteiger partial charge in [0.2, 0.25) is 0 Å². The molecule has 0 saturated carbocycles. The van der Waals surface area contributed by atoms with Crippen molar-refractivity contribution >= 4 is 17.5 Å². The molecule has 23 heavy (non-hydrogen) atoms. The number of hydrogen-bond acceptors (Lipinski definition) is 4. The SMILES string of the molecule is Cc1cccc(N)c1NC1CCCCN(C(=O)OC(C)(C)C)C1. The lowest BCUT2D eigenvalue weighted by Gasteiger charge is -2.29. The predicted octanol–water partition coefficient (Wildman–Crippen LogP) is 3.78. The van der Waals surface area contributed by atoms with Crippen molar-refractivity contribution in [3.8, 4) is 0 Å². The molecule has 5 nitrogen and oxygen atoms in total. The molecule has 0 bridgehead atoms. The highest BCUT2D eigenvalue weighted by Crippen LogP contribution is 2.25. The largest absolute Gasteiger partial charge is 0.444 e. The van der Waals surface area contributed by atoms with Gasteiger partial charge in [-0.05, 0) is 58.6 Å². The second-order valence-corrected chi connectivity index (χ2v) is 7.30. The average Bonchev–Trinajstić information content (AvgIpc) is 2.67. The third-order valence-corrected chi connectivity index (χ3v) is 3.98. The molecule has 1 amide bonds. The van der Waals surface area contributed by atoms with E-state index < -0.39 is 5.60 Å². The molecular weight excluding hydrogens is 290 g/mol. The Morgan fingerprint density at radius 1 is 1.35 bits per heavy atom. The smallest absolute Gasteiger partial charge is 0.410 e. The monoisotopic (exact) mass is 319 g/mol. The van der Waals surface area contributed by atoms with Gasteiger partial charge in [0.05, 0.1) is 11.4 Å². The lowest BCUT2D eigenvalue weighted by Crippen LogP contribution is -2.42. The van der Waals surface area contributed by atoms with Gasteiger partial charge in [0.15, 0.2) is 0 Å². The van der Waals surface area contributed by atoms with Crippen LogP contribution in [0.1, 0.15) is 45.6 Å². The van der Waals surface area contributed by atoms with E-state index in [0.717, 1.165) is 42.7 Å². The molecule has 3 N–H and O–H groups in total. The molecule has 1 atom stereocenters. The van der Waals surface area contributed by atoms with Crippen LogP contribution in [0.15, 0.2) is 18.2 Å². The normalized spacial score (nSPS) is 19.1. The molecule has 128 valence electrons.